The van der Waals surface area contributed by atoms with Crippen LogP contribution in [0, 0.1) is 0 Å². The molecule has 2 aromatic rings. The molecule has 1 atom stereocenters. The molecule has 1 heterocycles. The average Bonchev–Trinajstić information content (AvgIpc) is 2.76. The monoisotopic (exact) mass is 521 g/mol. The van der Waals surface area contributed by atoms with Gasteiger partial charge in [0.25, 0.3) is 0 Å². The van der Waals surface area contributed by atoms with Gasteiger partial charge in [-0.15, -0.1) is 12.4 Å². The molecule has 1 unspecified atom stereocenters. The van der Waals surface area contributed by atoms with Crippen LogP contribution < -0.4 is 4.74 Å². The van der Waals surface area contributed by atoms with Gasteiger partial charge in [0.15, 0.2) is 0 Å². The number of carboxylic acid groups (broad SMARTS) is 1. The number of carbonyl (C=O) groups is 1. The molecule has 0 saturated carbocycles. The maximum absolute atomic E-state index is 13.9. The number of benzene rings is 2. The molecule has 0 spiro atoms. The predicted molar refractivity (Wildman–Crippen MR) is 126 cm³/mol. The SMILES string of the molecule is CC(C)c1cccc(Cl)c1COc1ccc(C2CN(CCC(=O)O)CCO2)c(C(F)(F)F)c1.Cl. The van der Waals surface area contributed by atoms with Crippen LogP contribution in [0.3, 0.4) is 0 Å². The van der Waals surface area contributed by atoms with Gasteiger partial charge in [-0.25, -0.2) is 0 Å². The first-order valence-electron chi connectivity index (χ1n) is 10.7. The number of hydrogen-bond acceptors (Lipinski definition) is 4. The van der Waals surface area contributed by atoms with Gasteiger partial charge in [-0.3, -0.25) is 9.69 Å². The molecule has 0 amide bonds. The lowest BCUT2D eigenvalue weighted by Gasteiger charge is -2.34. The van der Waals surface area contributed by atoms with Gasteiger partial charge in [0.2, 0.25) is 0 Å². The smallest absolute Gasteiger partial charge is 0.416 e. The summed E-state index contributed by atoms with van der Waals surface area (Å²) in [5, 5.41) is 9.38. The number of halogens is 5. The lowest BCUT2D eigenvalue weighted by atomic mass is 9.97. The molecule has 2 aromatic carbocycles. The zero-order valence-electron chi connectivity index (χ0n) is 18.9. The van der Waals surface area contributed by atoms with Gasteiger partial charge in [0, 0.05) is 30.2 Å². The number of nitrogens with zero attached hydrogens (tertiary/aromatic N) is 1. The molecule has 34 heavy (non-hydrogen) atoms. The predicted octanol–water partition coefficient (Wildman–Crippen LogP) is 6.33. The summed E-state index contributed by atoms with van der Waals surface area (Å²) in [7, 11) is 0. The van der Waals surface area contributed by atoms with E-state index in [-0.39, 0.29) is 62.4 Å². The van der Waals surface area contributed by atoms with Crippen molar-refractivity contribution < 1.29 is 32.5 Å². The van der Waals surface area contributed by atoms with Gasteiger partial charge in [-0.2, -0.15) is 13.2 Å². The summed E-state index contributed by atoms with van der Waals surface area (Å²) in [6.45, 7) is 5.21. The number of rotatable bonds is 8. The van der Waals surface area contributed by atoms with E-state index in [9.17, 15) is 18.0 Å². The summed E-state index contributed by atoms with van der Waals surface area (Å²) >= 11 is 6.31. The van der Waals surface area contributed by atoms with E-state index in [2.05, 4.69) is 0 Å². The molecule has 0 aliphatic carbocycles. The molecular weight excluding hydrogens is 494 g/mol. The summed E-state index contributed by atoms with van der Waals surface area (Å²) in [6, 6.07) is 9.35. The van der Waals surface area contributed by atoms with Gasteiger partial charge in [0.05, 0.1) is 24.7 Å². The fraction of sp³-hybridized carbons (Fsp3) is 0.458. The van der Waals surface area contributed by atoms with Crippen LogP contribution in [-0.4, -0.2) is 42.2 Å². The van der Waals surface area contributed by atoms with Crippen LogP contribution in [0.15, 0.2) is 36.4 Å². The third-order valence-electron chi connectivity index (χ3n) is 5.63. The molecule has 1 aliphatic heterocycles. The Bertz CT molecular complexity index is 985. The van der Waals surface area contributed by atoms with Crippen LogP contribution >= 0.6 is 24.0 Å². The Balaban J connectivity index is 0.00000408. The second-order valence-corrected chi connectivity index (χ2v) is 8.71. The first-order chi connectivity index (χ1) is 15.6. The molecule has 3 rings (SSSR count). The maximum Gasteiger partial charge on any atom is 0.416 e. The Hall–Kier alpha value is -2.00. The molecule has 5 nitrogen and oxygen atoms in total. The fourth-order valence-electron chi connectivity index (χ4n) is 3.92. The van der Waals surface area contributed by atoms with Crippen molar-refractivity contribution in [2.45, 2.75) is 45.1 Å². The highest BCUT2D eigenvalue weighted by Crippen LogP contribution is 2.39. The number of ether oxygens (including phenoxy) is 2. The second kappa shape index (κ2) is 12.1. The normalized spacial score (nSPS) is 16.9. The topological polar surface area (TPSA) is 59.0 Å². The van der Waals surface area contributed by atoms with E-state index in [0.717, 1.165) is 17.2 Å². The zero-order valence-corrected chi connectivity index (χ0v) is 20.5. The molecule has 1 fully saturated rings. The van der Waals surface area contributed by atoms with Crippen molar-refractivity contribution in [1.82, 2.24) is 4.90 Å². The van der Waals surface area contributed by atoms with Crippen molar-refractivity contribution in [2.75, 3.05) is 26.2 Å². The number of aliphatic carboxylic acids is 1. The van der Waals surface area contributed by atoms with E-state index in [1.54, 1.807) is 11.0 Å². The van der Waals surface area contributed by atoms with Crippen molar-refractivity contribution in [3.63, 3.8) is 0 Å². The Labute approximate surface area is 208 Å². The molecule has 1 N–H and O–H groups in total. The minimum atomic E-state index is -4.60. The number of carboxylic acids is 1. The van der Waals surface area contributed by atoms with Gasteiger partial charge in [-0.05, 0) is 35.2 Å². The molecule has 10 heteroatoms. The largest absolute Gasteiger partial charge is 0.489 e. The molecule has 1 aliphatic rings. The van der Waals surface area contributed by atoms with Crippen molar-refractivity contribution >= 4 is 30.0 Å². The zero-order chi connectivity index (χ0) is 24.2. The molecule has 188 valence electrons. The quantitative estimate of drug-likeness (QED) is 0.439. The Kier molecular flexibility index (Phi) is 10.1. The molecule has 0 bridgehead atoms. The Morgan fingerprint density at radius 1 is 1.29 bits per heavy atom. The molecule has 1 saturated heterocycles. The van der Waals surface area contributed by atoms with E-state index >= 15 is 0 Å². The summed E-state index contributed by atoms with van der Waals surface area (Å²) < 4.78 is 53.1. The lowest BCUT2D eigenvalue weighted by Crippen LogP contribution is -2.40. The first kappa shape index (κ1) is 28.2. The highest BCUT2D eigenvalue weighted by atomic mass is 35.5. The lowest BCUT2D eigenvalue weighted by molar-refractivity contribution is -0.140. The number of alkyl halides is 3. The van der Waals surface area contributed by atoms with Gasteiger partial charge in [-0.1, -0.05) is 43.6 Å². The van der Waals surface area contributed by atoms with E-state index in [1.807, 2.05) is 26.0 Å². The van der Waals surface area contributed by atoms with Crippen molar-refractivity contribution in [3.05, 3.63) is 63.7 Å². The van der Waals surface area contributed by atoms with Crippen LogP contribution in [0.1, 0.15) is 54.5 Å². The van der Waals surface area contributed by atoms with Gasteiger partial charge in [0.1, 0.15) is 12.4 Å². The van der Waals surface area contributed by atoms with E-state index in [1.165, 1.54) is 12.1 Å². The minimum Gasteiger partial charge on any atom is -0.489 e. The van der Waals surface area contributed by atoms with Crippen molar-refractivity contribution in [3.8, 4) is 5.75 Å². The minimum absolute atomic E-state index is 0. The van der Waals surface area contributed by atoms with Crippen LogP contribution in [-0.2, 0) is 22.3 Å². The third-order valence-corrected chi connectivity index (χ3v) is 5.98. The van der Waals surface area contributed by atoms with Crippen molar-refractivity contribution in [2.24, 2.45) is 0 Å². The summed E-state index contributed by atoms with van der Waals surface area (Å²) in [5.41, 5.74) is 0.910. The average molecular weight is 522 g/mol. The standard InChI is InChI=1S/C24H27ClF3NO4.ClH/c1-15(2)17-4-3-5-21(25)19(17)14-33-16-6-7-18(20(12-16)24(26,27)28)22-13-29(10-11-32-22)9-8-23(30)31;/h3-7,12,15,22H,8-11,13-14H2,1-2H3,(H,30,31);1H. The first-order valence-corrected chi connectivity index (χ1v) is 11.1. The van der Waals surface area contributed by atoms with Gasteiger partial charge < -0.3 is 14.6 Å². The highest BCUT2D eigenvalue weighted by molar-refractivity contribution is 6.31. The summed E-state index contributed by atoms with van der Waals surface area (Å²) in [4.78, 5) is 12.6. The molecular formula is C24H28Cl2F3NO4. The van der Waals surface area contributed by atoms with Crippen LogP contribution in [0.2, 0.25) is 5.02 Å². The number of hydrogen-bond donors (Lipinski definition) is 1. The van der Waals surface area contributed by atoms with Gasteiger partial charge >= 0.3 is 12.1 Å². The fourth-order valence-corrected chi connectivity index (χ4v) is 4.16. The Morgan fingerprint density at radius 3 is 2.68 bits per heavy atom. The summed E-state index contributed by atoms with van der Waals surface area (Å²) in [6.07, 6.45) is -5.49. The van der Waals surface area contributed by atoms with E-state index < -0.39 is 23.8 Å². The van der Waals surface area contributed by atoms with Crippen LogP contribution in [0.5, 0.6) is 5.75 Å². The Morgan fingerprint density at radius 2 is 2.03 bits per heavy atom. The van der Waals surface area contributed by atoms with Crippen LogP contribution in [0.25, 0.3) is 0 Å². The maximum atomic E-state index is 13.9. The molecule has 0 radical (unpaired) electrons. The van der Waals surface area contributed by atoms with E-state index in [4.69, 9.17) is 26.2 Å². The van der Waals surface area contributed by atoms with Crippen molar-refractivity contribution in [1.29, 1.82) is 0 Å². The summed E-state index contributed by atoms with van der Waals surface area (Å²) in [5.74, 6) is -0.683. The molecule has 0 aromatic heterocycles. The highest BCUT2D eigenvalue weighted by Gasteiger charge is 2.37. The number of morpholine rings is 1. The second-order valence-electron chi connectivity index (χ2n) is 8.30. The third kappa shape index (κ3) is 7.25. The van der Waals surface area contributed by atoms with Crippen LogP contribution in [0.4, 0.5) is 13.2 Å². The van der Waals surface area contributed by atoms with E-state index in [0.29, 0.717) is 11.6 Å².